The maximum absolute atomic E-state index is 11.3. The van der Waals surface area contributed by atoms with Crippen molar-refractivity contribution in [3.05, 3.63) is 53.0 Å². The number of aromatic nitrogens is 1. The lowest BCUT2D eigenvalue weighted by atomic mass is 10.1. The van der Waals surface area contributed by atoms with E-state index in [2.05, 4.69) is 18.7 Å². The summed E-state index contributed by atoms with van der Waals surface area (Å²) in [6.07, 6.45) is 3.68. The van der Waals surface area contributed by atoms with Gasteiger partial charge in [-0.2, -0.15) is 4.57 Å². The molecule has 6 heteroatoms. The van der Waals surface area contributed by atoms with Gasteiger partial charge in [-0.05, 0) is 38.1 Å². The number of hydrogen-bond donors (Lipinski definition) is 2. The number of nitrogens with zero attached hydrogens (tertiary/aromatic N) is 2. The summed E-state index contributed by atoms with van der Waals surface area (Å²) in [6, 6.07) is 13.4. The summed E-state index contributed by atoms with van der Waals surface area (Å²) < 4.78 is 2.81. The third-order valence-corrected chi connectivity index (χ3v) is 5.61. The molecule has 140 valence electrons. The van der Waals surface area contributed by atoms with E-state index >= 15 is 0 Å². The second kappa shape index (κ2) is 8.22. The molecule has 0 unspecified atom stereocenters. The van der Waals surface area contributed by atoms with Gasteiger partial charge in [0, 0.05) is 42.5 Å². The lowest BCUT2D eigenvalue weighted by Gasteiger charge is -2.21. The van der Waals surface area contributed by atoms with Gasteiger partial charge in [-0.1, -0.05) is 23.5 Å². The number of para-hydroxylation sites is 1. The van der Waals surface area contributed by atoms with Gasteiger partial charge in [0.25, 0.3) is 5.01 Å². The van der Waals surface area contributed by atoms with Crippen LogP contribution in [0.5, 0.6) is 5.75 Å². The number of anilines is 1. The second-order valence-corrected chi connectivity index (χ2v) is 7.20. The minimum absolute atomic E-state index is 0.101. The predicted octanol–water partition coefficient (Wildman–Crippen LogP) is 4.00. The number of carbonyl (C=O) groups is 1. The summed E-state index contributed by atoms with van der Waals surface area (Å²) in [4.78, 5) is 13.4. The molecule has 3 rings (SSSR count). The average molecular weight is 383 g/mol. The molecule has 0 spiro atoms. The lowest BCUT2D eigenvalue weighted by Crippen LogP contribution is -2.39. The van der Waals surface area contributed by atoms with Crippen LogP contribution in [0.15, 0.2) is 42.5 Å². The predicted molar refractivity (Wildman–Crippen MR) is 110 cm³/mol. The molecule has 0 radical (unpaired) electrons. The number of fused-ring (bicyclic) bond motifs is 1. The van der Waals surface area contributed by atoms with Crippen molar-refractivity contribution in [2.24, 2.45) is 0 Å². The van der Waals surface area contributed by atoms with Crippen molar-refractivity contribution in [3.8, 4) is 5.75 Å². The molecular formula is C21H23N2O3S+. The van der Waals surface area contributed by atoms with E-state index in [1.54, 1.807) is 10.6 Å². The molecule has 0 atom stereocenters. The van der Waals surface area contributed by atoms with Crippen LogP contribution in [0.1, 0.15) is 24.4 Å². The molecule has 2 aromatic carbocycles. The summed E-state index contributed by atoms with van der Waals surface area (Å²) in [5.74, 6) is -0.675. The zero-order valence-corrected chi connectivity index (χ0v) is 16.2. The van der Waals surface area contributed by atoms with Gasteiger partial charge in [0.1, 0.15) is 10.4 Å². The molecule has 0 aliphatic rings. The summed E-state index contributed by atoms with van der Waals surface area (Å²) in [5, 5.41) is 20.5. The summed E-state index contributed by atoms with van der Waals surface area (Å²) in [5.41, 5.74) is 2.58. The van der Waals surface area contributed by atoms with E-state index in [0.29, 0.717) is 5.56 Å². The zero-order chi connectivity index (χ0) is 19.4. The Bertz CT molecular complexity index is 990. The molecule has 0 fully saturated rings. The third kappa shape index (κ3) is 4.11. The van der Waals surface area contributed by atoms with Crippen LogP contribution < -0.4 is 9.47 Å². The Hall–Kier alpha value is -2.86. The number of thiazole rings is 1. The highest BCUT2D eigenvalue weighted by molar-refractivity contribution is 7.18. The van der Waals surface area contributed by atoms with Gasteiger partial charge in [-0.3, -0.25) is 0 Å². The number of hydrogen-bond acceptors (Lipinski definition) is 4. The van der Waals surface area contributed by atoms with Crippen LogP contribution in [-0.4, -0.2) is 29.3 Å². The number of benzene rings is 2. The van der Waals surface area contributed by atoms with Crippen molar-refractivity contribution in [3.63, 3.8) is 0 Å². The van der Waals surface area contributed by atoms with Crippen molar-refractivity contribution in [1.82, 2.24) is 0 Å². The molecule has 0 saturated carbocycles. The minimum Gasteiger partial charge on any atom is -0.507 e. The van der Waals surface area contributed by atoms with Crippen molar-refractivity contribution >= 4 is 45.4 Å². The van der Waals surface area contributed by atoms with Gasteiger partial charge in [-0.25, -0.2) is 4.79 Å². The monoisotopic (exact) mass is 383 g/mol. The van der Waals surface area contributed by atoms with E-state index in [0.717, 1.165) is 34.0 Å². The highest BCUT2D eigenvalue weighted by Gasteiger charge is 2.20. The van der Waals surface area contributed by atoms with Crippen LogP contribution in [-0.2, 0) is 11.3 Å². The van der Waals surface area contributed by atoms with Gasteiger partial charge in [-0.15, -0.1) is 0 Å². The maximum Gasteiger partial charge on any atom is 0.370 e. The van der Waals surface area contributed by atoms with Crippen molar-refractivity contribution in [2.75, 3.05) is 18.0 Å². The second-order valence-electron chi connectivity index (χ2n) is 6.14. The standard InChI is InChI=1S/C21H22N2O3S/c1-3-22(4-2)16-11-9-15(18(24)13-16)10-12-20-23(14-21(25)26)17-7-5-6-8-19(17)27-20/h5-13H,3-4,14H2,1-2H3,(H,25,26)/p+1. The zero-order valence-electron chi connectivity index (χ0n) is 15.4. The van der Waals surface area contributed by atoms with E-state index in [9.17, 15) is 15.0 Å². The molecule has 1 heterocycles. The van der Waals surface area contributed by atoms with E-state index < -0.39 is 5.97 Å². The van der Waals surface area contributed by atoms with Crippen LogP contribution in [0.25, 0.3) is 22.4 Å². The van der Waals surface area contributed by atoms with Crippen LogP contribution in [0.3, 0.4) is 0 Å². The average Bonchev–Trinajstić information content (AvgIpc) is 2.99. The van der Waals surface area contributed by atoms with Crippen molar-refractivity contribution < 1.29 is 19.6 Å². The van der Waals surface area contributed by atoms with Crippen LogP contribution >= 0.6 is 11.3 Å². The van der Waals surface area contributed by atoms with Gasteiger partial charge in [0.05, 0.1) is 0 Å². The molecule has 1 aromatic heterocycles. The van der Waals surface area contributed by atoms with E-state index in [1.165, 1.54) is 11.3 Å². The molecule has 0 amide bonds. The normalized spacial score (nSPS) is 11.3. The van der Waals surface area contributed by atoms with Gasteiger partial charge < -0.3 is 15.1 Å². The number of carboxylic acid groups (broad SMARTS) is 1. The first-order valence-corrected chi connectivity index (χ1v) is 9.74. The van der Waals surface area contributed by atoms with Crippen LogP contribution in [0.4, 0.5) is 5.69 Å². The Morgan fingerprint density at radius 1 is 1.15 bits per heavy atom. The number of phenols is 1. The van der Waals surface area contributed by atoms with E-state index in [4.69, 9.17) is 0 Å². The topological polar surface area (TPSA) is 64.7 Å². The minimum atomic E-state index is -0.885. The molecular weight excluding hydrogens is 360 g/mol. The Labute approximate surface area is 162 Å². The largest absolute Gasteiger partial charge is 0.507 e. The van der Waals surface area contributed by atoms with E-state index in [-0.39, 0.29) is 12.3 Å². The highest BCUT2D eigenvalue weighted by Crippen LogP contribution is 2.27. The highest BCUT2D eigenvalue weighted by atomic mass is 32.1. The van der Waals surface area contributed by atoms with Crippen LogP contribution in [0.2, 0.25) is 0 Å². The Balaban J connectivity index is 1.95. The summed E-state index contributed by atoms with van der Waals surface area (Å²) in [7, 11) is 0. The van der Waals surface area contributed by atoms with Gasteiger partial charge in [0.15, 0.2) is 0 Å². The van der Waals surface area contributed by atoms with Crippen molar-refractivity contribution in [1.29, 1.82) is 0 Å². The molecule has 0 aliphatic heterocycles. The fourth-order valence-electron chi connectivity index (χ4n) is 3.09. The van der Waals surface area contributed by atoms with E-state index in [1.807, 2.05) is 48.6 Å². The summed E-state index contributed by atoms with van der Waals surface area (Å²) in [6.45, 7) is 5.81. The molecule has 2 N–H and O–H groups in total. The first-order valence-electron chi connectivity index (χ1n) is 8.92. The first kappa shape index (κ1) is 18.9. The lowest BCUT2D eigenvalue weighted by molar-refractivity contribution is -0.657. The smallest absolute Gasteiger partial charge is 0.370 e. The fourth-order valence-corrected chi connectivity index (χ4v) is 4.16. The number of aromatic hydroxyl groups is 1. The maximum atomic E-state index is 11.3. The quantitative estimate of drug-likeness (QED) is 0.606. The Kier molecular flexibility index (Phi) is 5.76. The number of phenolic OH excluding ortho intramolecular Hbond substituents is 1. The van der Waals surface area contributed by atoms with Gasteiger partial charge in [0.2, 0.25) is 12.1 Å². The Morgan fingerprint density at radius 2 is 1.89 bits per heavy atom. The number of aliphatic carboxylic acids is 1. The molecule has 0 saturated heterocycles. The molecule has 0 bridgehead atoms. The van der Waals surface area contributed by atoms with Gasteiger partial charge >= 0.3 is 5.97 Å². The molecule has 5 nitrogen and oxygen atoms in total. The van der Waals surface area contributed by atoms with Crippen molar-refractivity contribution in [2.45, 2.75) is 20.4 Å². The Morgan fingerprint density at radius 3 is 2.56 bits per heavy atom. The summed E-state index contributed by atoms with van der Waals surface area (Å²) >= 11 is 1.53. The van der Waals surface area contributed by atoms with Crippen LogP contribution in [0, 0.1) is 0 Å². The first-order chi connectivity index (χ1) is 13.0. The molecule has 0 aliphatic carbocycles. The molecule has 27 heavy (non-hydrogen) atoms. The number of rotatable bonds is 7. The third-order valence-electron chi connectivity index (χ3n) is 4.48. The number of carboxylic acids is 1. The molecule has 3 aromatic rings. The fraction of sp³-hybridized carbons (Fsp3) is 0.238. The SMILES string of the molecule is CCN(CC)c1ccc(/C=C/c2sc3ccccc3[n+]2CC(=O)O)c(O)c1.